The first-order chi connectivity index (χ1) is 10.7. The number of imidazole rings is 1. The maximum atomic E-state index is 13.2. The fraction of sp³-hybridized carbons (Fsp3) is 0.0667. The Kier molecular flexibility index (Phi) is 3.50. The minimum absolute atomic E-state index is 0.138. The zero-order valence-corrected chi connectivity index (χ0v) is 11.7. The van der Waals surface area contributed by atoms with E-state index in [0.29, 0.717) is 17.2 Å². The molecule has 0 bridgehead atoms. The fourth-order valence-corrected chi connectivity index (χ4v) is 2.02. The molecule has 2 aromatic heterocycles. The third kappa shape index (κ3) is 2.50. The molecule has 108 valence electrons. The van der Waals surface area contributed by atoms with Crippen molar-refractivity contribution >= 4 is 22.7 Å². The van der Waals surface area contributed by atoms with Gasteiger partial charge in [0.2, 0.25) is 5.95 Å². The Morgan fingerprint density at radius 2 is 2.23 bits per heavy atom. The van der Waals surface area contributed by atoms with Gasteiger partial charge in [-0.3, -0.25) is 4.98 Å². The molecule has 3 aromatic rings. The van der Waals surface area contributed by atoms with E-state index >= 15 is 0 Å². The van der Waals surface area contributed by atoms with Gasteiger partial charge in [0.15, 0.2) is 5.71 Å². The number of hydrogen-bond acceptors (Lipinski definition) is 5. The third-order valence-electron chi connectivity index (χ3n) is 3.12. The van der Waals surface area contributed by atoms with Crippen LogP contribution >= 0.6 is 0 Å². The van der Waals surface area contributed by atoms with Gasteiger partial charge in [-0.2, -0.15) is 10.4 Å². The van der Waals surface area contributed by atoms with Crippen molar-refractivity contribution < 1.29 is 4.39 Å². The van der Waals surface area contributed by atoms with Crippen LogP contribution < -0.4 is 5.43 Å². The highest BCUT2D eigenvalue weighted by atomic mass is 19.1. The standard InChI is InChI=1S/C15H11FN6/c1-22-14-6-5-10(16)8-12(14)19-15(22)21-20-13(9-17)11-4-2-3-7-18-11/h2-8H,1H3,(H,19,21)/b20-13+. The van der Waals surface area contributed by atoms with Crippen LogP contribution in [0.15, 0.2) is 47.7 Å². The number of nitriles is 1. The number of pyridine rings is 1. The second-order valence-corrected chi connectivity index (χ2v) is 4.53. The van der Waals surface area contributed by atoms with E-state index in [1.165, 1.54) is 12.1 Å². The molecule has 0 atom stereocenters. The van der Waals surface area contributed by atoms with Gasteiger partial charge in [0, 0.05) is 19.3 Å². The Morgan fingerprint density at radius 1 is 1.36 bits per heavy atom. The van der Waals surface area contributed by atoms with Gasteiger partial charge in [-0.25, -0.2) is 14.8 Å². The van der Waals surface area contributed by atoms with E-state index < -0.39 is 0 Å². The normalized spacial score (nSPS) is 11.4. The number of hydrogen-bond donors (Lipinski definition) is 1. The van der Waals surface area contributed by atoms with Gasteiger partial charge < -0.3 is 4.57 Å². The molecule has 7 heteroatoms. The van der Waals surface area contributed by atoms with Gasteiger partial charge in [0.1, 0.15) is 17.6 Å². The van der Waals surface area contributed by atoms with E-state index in [4.69, 9.17) is 5.26 Å². The van der Waals surface area contributed by atoms with Gasteiger partial charge in [-0.05, 0) is 24.3 Å². The molecular formula is C15H11FN6. The lowest BCUT2D eigenvalue weighted by atomic mass is 10.2. The van der Waals surface area contributed by atoms with Crippen LogP contribution in [0, 0.1) is 17.1 Å². The largest absolute Gasteiger partial charge is 0.312 e. The van der Waals surface area contributed by atoms with Crippen molar-refractivity contribution in [2.24, 2.45) is 12.1 Å². The fourth-order valence-electron chi connectivity index (χ4n) is 2.02. The van der Waals surface area contributed by atoms with E-state index in [9.17, 15) is 4.39 Å². The van der Waals surface area contributed by atoms with Crippen LogP contribution in [0.5, 0.6) is 0 Å². The molecule has 6 nitrogen and oxygen atoms in total. The molecule has 0 spiro atoms. The highest BCUT2D eigenvalue weighted by Gasteiger charge is 2.09. The van der Waals surface area contributed by atoms with Gasteiger partial charge >= 0.3 is 0 Å². The zero-order chi connectivity index (χ0) is 15.5. The van der Waals surface area contributed by atoms with Crippen LogP contribution in [0.1, 0.15) is 5.69 Å². The molecule has 2 heterocycles. The Labute approximate surface area is 125 Å². The number of aryl methyl sites for hydroxylation is 1. The smallest absolute Gasteiger partial charge is 0.224 e. The monoisotopic (exact) mass is 294 g/mol. The van der Waals surface area contributed by atoms with Crippen LogP contribution in [-0.2, 0) is 7.05 Å². The van der Waals surface area contributed by atoms with Crippen molar-refractivity contribution in [1.29, 1.82) is 5.26 Å². The summed E-state index contributed by atoms with van der Waals surface area (Å²) < 4.78 is 14.9. The number of fused-ring (bicyclic) bond motifs is 1. The molecule has 0 amide bonds. The summed E-state index contributed by atoms with van der Waals surface area (Å²) in [5, 5.41) is 13.2. The summed E-state index contributed by atoms with van der Waals surface area (Å²) in [4.78, 5) is 8.32. The predicted octanol–water partition coefficient (Wildman–Crippen LogP) is 2.45. The summed E-state index contributed by atoms with van der Waals surface area (Å²) in [6.07, 6.45) is 1.58. The Balaban J connectivity index is 1.95. The number of hydrazone groups is 1. The lowest BCUT2D eigenvalue weighted by Gasteiger charge is -2.01. The SMILES string of the molecule is Cn1c(N/N=C(\C#N)c2ccccn2)nc2cc(F)ccc21. The number of rotatable bonds is 3. The molecule has 0 fully saturated rings. The molecule has 22 heavy (non-hydrogen) atoms. The first-order valence-corrected chi connectivity index (χ1v) is 6.46. The quantitative estimate of drug-likeness (QED) is 0.594. The molecule has 0 aliphatic carbocycles. The molecule has 1 aromatic carbocycles. The molecule has 0 saturated heterocycles. The zero-order valence-electron chi connectivity index (χ0n) is 11.7. The van der Waals surface area contributed by atoms with E-state index in [1.54, 1.807) is 42.1 Å². The van der Waals surface area contributed by atoms with Crippen LogP contribution in [0.2, 0.25) is 0 Å². The molecule has 1 N–H and O–H groups in total. The van der Waals surface area contributed by atoms with Gasteiger partial charge in [-0.1, -0.05) is 6.07 Å². The van der Waals surface area contributed by atoms with Crippen molar-refractivity contribution in [1.82, 2.24) is 14.5 Å². The lowest BCUT2D eigenvalue weighted by Crippen LogP contribution is -2.06. The number of aromatic nitrogens is 3. The second kappa shape index (κ2) is 5.61. The third-order valence-corrected chi connectivity index (χ3v) is 3.12. The number of nitrogens with zero attached hydrogens (tertiary/aromatic N) is 5. The number of anilines is 1. The van der Waals surface area contributed by atoms with Crippen LogP contribution in [0.3, 0.4) is 0 Å². The van der Waals surface area contributed by atoms with Crippen molar-refractivity contribution in [3.8, 4) is 6.07 Å². The predicted molar refractivity (Wildman–Crippen MR) is 80.7 cm³/mol. The molecule has 0 saturated carbocycles. The highest BCUT2D eigenvalue weighted by molar-refractivity contribution is 6.10. The molecular weight excluding hydrogens is 283 g/mol. The average Bonchev–Trinajstić information content (AvgIpc) is 2.84. The maximum Gasteiger partial charge on any atom is 0.224 e. The van der Waals surface area contributed by atoms with Gasteiger partial charge in [0.25, 0.3) is 0 Å². The average molecular weight is 294 g/mol. The molecule has 0 unspecified atom stereocenters. The summed E-state index contributed by atoms with van der Waals surface area (Å²) in [5.74, 6) is 0.0520. The van der Waals surface area contributed by atoms with Crippen molar-refractivity contribution in [2.75, 3.05) is 5.43 Å². The Bertz CT molecular complexity index is 892. The van der Waals surface area contributed by atoms with Gasteiger partial charge in [0.05, 0.1) is 11.0 Å². The van der Waals surface area contributed by atoms with Crippen molar-refractivity contribution in [3.05, 3.63) is 54.1 Å². The van der Waals surface area contributed by atoms with Crippen LogP contribution in [0.25, 0.3) is 11.0 Å². The molecule has 0 aliphatic rings. The summed E-state index contributed by atoms with van der Waals surface area (Å²) >= 11 is 0. The van der Waals surface area contributed by atoms with Crippen LogP contribution in [-0.4, -0.2) is 20.2 Å². The first kappa shape index (κ1) is 13.7. The van der Waals surface area contributed by atoms with Gasteiger partial charge in [-0.15, -0.1) is 0 Å². The molecule has 0 radical (unpaired) electrons. The second-order valence-electron chi connectivity index (χ2n) is 4.53. The lowest BCUT2D eigenvalue weighted by molar-refractivity contribution is 0.629. The van der Waals surface area contributed by atoms with Crippen LogP contribution in [0.4, 0.5) is 10.3 Å². The maximum absolute atomic E-state index is 13.2. The number of nitrogens with one attached hydrogen (secondary N) is 1. The van der Waals surface area contributed by atoms with E-state index in [0.717, 1.165) is 5.52 Å². The summed E-state index contributed by atoms with van der Waals surface area (Å²) in [7, 11) is 1.78. The topological polar surface area (TPSA) is 78.9 Å². The number of halogens is 1. The minimum Gasteiger partial charge on any atom is -0.312 e. The first-order valence-electron chi connectivity index (χ1n) is 6.46. The Morgan fingerprint density at radius 3 is 2.95 bits per heavy atom. The van der Waals surface area contributed by atoms with E-state index in [1.807, 2.05) is 6.07 Å². The summed E-state index contributed by atoms with van der Waals surface area (Å²) in [5.41, 5.74) is 4.59. The van der Waals surface area contributed by atoms with E-state index in [2.05, 4.69) is 20.5 Å². The summed E-state index contributed by atoms with van der Waals surface area (Å²) in [6, 6.07) is 11.5. The summed E-state index contributed by atoms with van der Waals surface area (Å²) in [6.45, 7) is 0. The number of benzene rings is 1. The van der Waals surface area contributed by atoms with E-state index in [-0.39, 0.29) is 11.5 Å². The highest BCUT2D eigenvalue weighted by Crippen LogP contribution is 2.19. The van der Waals surface area contributed by atoms with Crippen molar-refractivity contribution in [3.63, 3.8) is 0 Å². The Hall–Kier alpha value is -3.27. The molecule has 0 aliphatic heterocycles. The molecule has 3 rings (SSSR count). The minimum atomic E-state index is -0.355. The van der Waals surface area contributed by atoms with Crippen molar-refractivity contribution in [2.45, 2.75) is 0 Å².